The molecule has 1 atom stereocenters. The molecule has 1 aliphatic rings. The van der Waals surface area contributed by atoms with Gasteiger partial charge in [-0.1, -0.05) is 17.7 Å². The minimum atomic E-state index is -0.444. The molecule has 1 aromatic heterocycles. The van der Waals surface area contributed by atoms with Crippen LogP contribution in [0, 0.1) is 5.92 Å². The third-order valence-corrected chi connectivity index (χ3v) is 5.16. The summed E-state index contributed by atoms with van der Waals surface area (Å²) in [6.07, 6.45) is 5.26. The number of hydrogen-bond donors (Lipinski definition) is 1. The number of halogens is 1. The molecule has 1 aliphatic heterocycles. The fourth-order valence-electron chi connectivity index (χ4n) is 3.35. The monoisotopic (exact) mass is 410 g/mol. The van der Waals surface area contributed by atoms with E-state index >= 15 is 0 Å². The Morgan fingerprint density at radius 3 is 2.86 bits per heavy atom. The summed E-state index contributed by atoms with van der Waals surface area (Å²) in [7, 11) is 1.57. The van der Waals surface area contributed by atoms with E-state index in [1.807, 2.05) is 24.3 Å². The lowest BCUT2D eigenvalue weighted by Gasteiger charge is -2.17. The van der Waals surface area contributed by atoms with Gasteiger partial charge in [0, 0.05) is 42.8 Å². The number of carbonyl (C=O) groups is 2. The number of nitrogens with one attached hydrogen (secondary N) is 1. The highest BCUT2D eigenvalue weighted by Gasteiger charge is 2.35. The number of hydrogen-bond acceptors (Lipinski definition) is 4. The maximum Gasteiger partial charge on any atom is 0.229 e. The average molecular weight is 411 g/mol. The van der Waals surface area contributed by atoms with Crippen LogP contribution in [-0.2, 0) is 9.59 Å². The molecule has 2 aromatic carbocycles. The summed E-state index contributed by atoms with van der Waals surface area (Å²) < 4.78 is 7.00. The summed E-state index contributed by atoms with van der Waals surface area (Å²) in [6, 6.07) is 12.5. The summed E-state index contributed by atoms with van der Waals surface area (Å²) in [5.74, 6) is -0.0845. The molecule has 29 heavy (non-hydrogen) atoms. The maximum absolute atomic E-state index is 12.7. The van der Waals surface area contributed by atoms with Gasteiger partial charge in [-0.2, -0.15) is 0 Å². The minimum absolute atomic E-state index is 0.0908. The van der Waals surface area contributed by atoms with Gasteiger partial charge in [0.1, 0.15) is 5.75 Å². The van der Waals surface area contributed by atoms with Crippen molar-refractivity contribution < 1.29 is 14.3 Å². The summed E-state index contributed by atoms with van der Waals surface area (Å²) >= 11 is 6.34. The molecule has 7 nitrogen and oxygen atoms in total. The van der Waals surface area contributed by atoms with E-state index in [-0.39, 0.29) is 18.2 Å². The first kappa shape index (κ1) is 19.0. The Balaban J connectivity index is 1.45. The first-order chi connectivity index (χ1) is 14.0. The van der Waals surface area contributed by atoms with E-state index in [0.29, 0.717) is 23.0 Å². The van der Waals surface area contributed by atoms with Crippen LogP contribution >= 0.6 is 11.6 Å². The van der Waals surface area contributed by atoms with E-state index in [2.05, 4.69) is 10.3 Å². The molecule has 0 spiro atoms. The lowest BCUT2D eigenvalue weighted by atomic mass is 10.1. The van der Waals surface area contributed by atoms with Crippen molar-refractivity contribution in [2.75, 3.05) is 23.9 Å². The number of carbonyl (C=O) groups excluding carboxylic acids is 2. The highest BCUT2D eigenvalue weighted by Crippen LogP contribution is 2.29. The van der Waals surface area contributed by atoms with Gasteiger partial charge in [-0.05, 0) is 30.3 Å². The van der Waals surface area contributed by atoms with Gasteiger partial charge >= 0.3 is 0 Å². The Kier molecular flexibility index (Phi) is 5.22. The van der Waals surface area contributed by atoms with Crippen molar-refractivity contribution >= 4 is 34.8 Å². The molecular formula is C21H19ClN4O3. The van der Waals surface area contributed by atoms with Gasteiger partial charge in [-0.25, -0.2) is 4.98 Å². The summed E-state index contributed by atoms with van der Waals surface area (Å²) in [5.41, 5.74) is 2.07. The Labute approximate surface area is 172 Å². The highest BCUT2D eigenvalue weighted by molar-refractivity contribution is 6.32. The fraction of sp³-hybridized carbons (Fsp3) is 0.190. The van der Waals surface area contributed by atoms with Crippen LogP contribution in [0.2, 0.25) is 5.02 Å². The van der Waals surface area contributed by atoms with Crippen LogP contribution in [0.25, 0.3) is 5.69 Å². The molecular weight excluding hydrogens is 392 g/mol. The zero-order valence-electron chi connectivity index (χ0n) is 15.7. The van der Waals surface area contributed by atoms with Crippen LogP contribution in [0.15, 0.2) is 61.2 Å². The number of imidazole rings is 1. The molecule has 2 heterocycles. The minimum Gasteiger partial charge on any atom is -0.497 e. The second-order valence-corrected chi connectivity index (χ2v) is 7.14. The highest BCUT2D eigenvalue weighted by atomic mass is 35.5. The molecule has 8 heteroatoms. The SMILES string of the molecule is COc1cccc(N2C[C@@H](C(=O)Nc3ccc(-n4ccnc4)c(Cl)c3)CC2=O)c1. The second-order valence-electron chi connectivity index (χ2n) is 6.73. The lowest BCUT2D eigenvalue weighted by Crippen LogP contribution is -2.28. The maximum atomic E-state index is 12.7. The summed E-state index contributed by atoms with van der Waals surface area (Å²) in [6.45, 7) is 0.318. The number of benzene rings is 2. The number of methoxy groups -OCH3 is 1. The average Bonchev–Trinajstić information content (AvgIpc) is 3.38. The smallest absolute Gasteiger partial charge is 0.229 e. The fourth-order valence-corrected chi connectivity index (χ4v) is 3.63. The number of ether oxygens (including phenoxy) is 1. The van der Waals surface area contributed by atoms with Gasteiger partial charge in [0.25, 0.3) is 0 Å². The molecule has 1 saturated heterocycles. The molecule has 0 aliphatic carbocycles. The number of nitrogens with zero attached hydrogens (tertiary/aromatic N) is 3. The van der Waals surface area contributed by atoms with Crippen LogP contribution in [0.3, 0.4) is 0 Å². The lowest BCUT2D eigenvalue weighted by molar-refractivity contribution is -0.122. The first-order valence-electron chi connectivity index (χ1n) is 9.08. The summed E-state index contributed by atoms with van der Waals surface area (Å²) in [5, 5.41) is 3.35. The zero-order chi connectivity index (χ0) is 20.4. The van der Waals surface area contributed by atoms with E-state index in [1.54, 1.807) is 53.5 Å². The Hall–Kier alpha value is -3.32. The molecule has 4 rings (SSSR count). The Bertz CT molecular complexity index is 1050. The molecule has 0 unspecified atom stereocenters. The molecule has 2 amide bonds. The van der Waals surface area contributed by atoms with Crippen LogP contribution in [0.1, 0.15) is 6.42 Å². The van der Waals surface area contributed by atoms with Gasteiger partial charge in [-0.15, -0.1) is 0 Å². The number of amides is 2. The topological polar surface area (TPSA) is 76.5 Å². The largest absolute Gasteiger partial charge is 0.497 e. The van der Waals surface area contributed by atoms with Crippen LogP contribution in [-0.4, -0.2) is 35.0 Å². The Morgan fingerprint density at radius 1 is 1.28 bits per heavy atom. The van der Waals surface area contributed by atoms with Crippen LogP contribution in [0.4, 0.5) is 11.4 Å². The molecule has 0 saturated carbocycles. The van der Waals surface area contributed by atoms with Crippen LogP contribution < -0.4 is 15.0 Å². The predicted octanol–water partition coefficient (Wildman–Crippen LogP) is 3.53. The number of rotatable bonds is 5. The van der Waals surface area contributed by atoms with Gasteiger partial charge < -0.3 is 19.5 Å². The number of aromatic nitrogens is 2. The van der Waals surface area contributed by atoms with Crippen molar-refractivity contribution in [2.24, 2.45) is 5.92 Å². The van der Waals surface area contributed by atoms with Crippen molar-refractivity contribution in [3.8, 4) is 11.4 Å². The third-order valence-electron chi connectivity index (χ3n) is 4.86. The van der Waals surface area contributed by atoms with Gasteiger partial charge in [0.2, 0.25) is 11.8 Å². The van der Waals surface area contributed by atoms with Crippen molar-refractivity contribution in [1.29, 1.82) is 0 Å². The standard InChI is InChI=1S/C21H19ClN4O3/c1-29-17-4-2-3-16(11-17)26-12-14(9-20(26)27)21(28)24-15-5-6-19(18(22)10-15)25-8-7-23-13-25/h2-8,10-11,13-14H,9,12H2,1H3,(H,24,28)/t14-/m0/s1. The van der Waals surface area contributed by atoms with E-state index in [0.717, 1.165) is 11.4 Å². The van der Waals surface area contributed by atoms with Gasteiger partial charge in [0.15, 0.2) is 0 Å². The van der Waals surface area contributed by atoms with Crippen molar-refractivity contribution in [1.82, 2.24) is 9.55 Å². The first-order valence-corrected chi connectivity index (χ1v) is 9.46. The van der Waals surface area contributed by atoms with Gasteiger partial charge in [0.05, 0.1) is 30.1 Å². The molecule has 148 valence electrons. The molecule has 0 radical (unpaired) electrons. The Morgan fingerprint density at radius 2 is 2.14 bits per heavy atom. The number of anilines is 2. The van der Waals surface area contributed by atoms with E-state index in [4.69, 9.17) is 16.3 Å². The molecule has 0 bridgehead atoms. The molecule has 1 N–H and O–H groups in total. The van der Waals surface area contributed by atoms with Crippen molar-refractivity contribution in [3.05, 3.63) is 66.2 Å². The predicted molar refractivity (Wildman–Crippen MR) is 111 cm³/mol. The van der Waals surface area contributed by atoms with Gasteiger partial charge in [-0.3, -0.25) is 9.59 Å². The van der Waals surface area contributed by atoms with E-state index in [1.165, 1.54) is 0 Å². The van der Waals surface area contributed by atoms with Crippen molar-refractivity contribution in [3.63, 3.8) is 0 Å². The van der Waals surface area contributed by atoms with Crippen molar-refractivity contribution in [2.45, 2.75) is 6.42 Å². The normalized spacial score (nSPS) is 16.1. The van der Waals surface area contributed by atoms with Crippen LogP contribution in [0.5, 0.6) is 5.75 Å². The molecule has 1 fully saturated rings. The van der Waals surface area contributed by atoms with E-state index < -0.39 is 5.92 Å². The zero-order valence-corrected chi connectivity index (χ0v) is 16.5. The second kappa shape index (κ2) is 7.97. The molecule has 3 aromatic rings. The quantitative estimate of drug-likeness (QED) is 0.698. The third kappa shape index (κ3) is 3.95. The summed E-state index contributed by atoms with van der Waals surface area (Å²) in [4.78, 5) is 30.8. The van der Waals surface area contributed by atoms with E-state index in [9.17, 15) is 9.59 Å².